The third-order valence-electron chi connectivity index (χ3n) is 5.87. The number of hydrogen-bond acceptors (Lipinski definition) is 7. The van der Waals surface area contributed by atoms with Gasteiger partial charge in [0.1, 0.15) is 6.61 Å². The van der Waals surface area contributed by atoms with Gasteiger partial charge in [-0.1, -0.05) is 0 Å². The lowest BCUT2D eigenvalue weighted by Gasteiger charge is -2.37. The van der Waals surface area contributed by atoms with E-state index in [9.17, 15) is 9.59 Å². The van der Waals surface area contributed by atoms with Gasteiger partial charge < -0.3 is 23.8 Å². The molecule has 0 radical (unpaired) electrons. The number of fused-ring (bicyclic) bond motifs is 1. The highest BCUT2D eigenvalue weighted by atomic mass is 16.7. The summed E-state index contributed by atoms with van der Waals surface area (Å²) in [7, 11) is 1.58. The molecule has 3 aliphatic rings. The predicted octanol–water partition coefficient (Wildman–Crippen LogP) is 1.78. The molecule has 4 rings (SSSR count). The molecule has 2 fully saturated rings. The van der Waals surface area contributed by atoms with Crippen molar-refractivity contribution in [1.82, 2.24) is 9.80 Å². The predicted molar refractivity (Wildman–Crippen MR) is 99.8 cm³/mol. The molecule has 3 heterocycles. The first-order valence-electron chi connectivity index (χ1n) is 9.61. The zero-order chi connectivity index (χ0) is 19.7. The summed E-state index contributed by atoms with van der Waals surface area (Å²) in [6, 6.07) is 4.39. The highest BCUT2D eigenvalue weighted by Crippen LogP contribution is 2.37. The molecule has 28 heavy (non-hydrogen) atoms. The fourth-order valence-corrected chi connectivity index (χ4v) is 3.83. The number of amides is 1. The van der Waals surface area contributed by atoms with E-state index in [1.807, 2.05) is 0 Å². The van der Waals surface area contributed by atoms with Crippen LogP contribution in [-0.4, -0.2) is 81.0 Å². The molecule has 1 aromatic rings. The molecule has 1 unspecified atom stereocenters. The van der Waals surface area contributed by atoms with Crippen molar-refractivity contribution in [1.29, 1.82) is 0 Å². The van der Waals surface area contributed by atoms with Gasteiger partial charge in [-0.05, 0) is 38.1 Å². The maximum Gasteiger partial charge on any atom is 0.410 e. The van der Waals surface area contributed by atoms with Gasteiger partial charge in [0.15, 0.2) is 17.3 Å². The van der Waals surface area contributed by atoms with Crippen molar-refractivity contribution < 1.29 is 28.5 Å². The lowest BCUT2D eigenvalue weighted by molar-refractivity contribution is -0.105. The Morgan fingerprint density at radius 3 is 2.79 bits per heavy atom. The minimum absolute atomic E-state index is 0.153. The topological polar surface area (TPSA) is 77.5 Å². The van der Waals surface area contributed by atoms with E-state index in [4.69, 9.17) is 18.9 Å². The van der Waals surface area contributed by atoms with E-state index < -0.39 is 12.1 Å². The van der Waals surface area contributed by atoms with Gasteiger partial charge in [0.25, 0.3) is 0 Å². The van der Waals surface area contributed by atoms with Crippen molar-refractivity contribution in [2.75, 3.05) is 53.3 Å². The molecule has 0 N–H and O–H groups in total. The van der Waals surface area contributed by atoms with Crippen LogP contribution in [0.2, 0.25) is 0 Å². The third kappa shape index (κ3) is 3.66. The summed E-state index contributed by atoms with van der Waals surface area (Å²) in [5.74, 6) is 0.988. The van der Waals surface area contributed by atoms with E-state index in [2.05, 4.69) is 4.90 Å². The molecule has 1 atom stereocenters. The second kappa shape index (κ2) is 7.60. The molecule has 1 spiro atoms. The molecule has 1 amide bonds. The Hall–Kier alpha value is -2.32. The Morgan fingerprint density at radius 1 is 1.29 bits per heavy atom. The molecule has 8 heteroatoms. The summed E-state index contributed by atoms with van der Waals surface area (Å²) >= 11 is 0. The van der Waals surface area contributed by atoms with Crippen LogP contribution in [0.15, 0.2) is 18.2 Å². The zero-order valence-electron chi connectivity index (χ0n) is 16.3. The van der Waals surface area contributed by atoms with Gasteiger partial charge in [-0.25, -0.2) is 4.79 Å². The van der Waals surface area contributed by atoms with E-state index in [1.165, 1.54) is 4.90 Å². The van der Waals surface area contributed by atoms with E-state index in [0.29, 0.717) is 35.6 Å². The number of carbonyl (C=O) groups excluding carboxylic acids is 2. The van der Waals surface area contributed by atoms with Gasteiger partial charge in [-0.2, -0.15) is 0 Å². The molecule has 152 valence electrons. The Kier molecular flexibility index (Phi) is 5.16. The molecular formula is C20H26N2O6. The number of benzene rings is 1. The molecular weight excluding hydrogens is 364 g/mol. The molecule has 1 aromatic carbocycles. The van der Waals surface area contributed by atoms with Crippen LogP contribution in [0.1, 0.15) is 23.7 Å². The van der Waals surface area contributed by atoms with Gasteiger partial charge in [-0.15, -0.1) is 0 Å². The van der Waals surface area contributed by atoms with Gasteiger partial charge in [0.2, 0.25) is 6.79 Å². The smallest absolute Gasteiger partial charge is 0.410 e. The Balaban J connectivity index is 1.25. The summed E-state index contributed by atoms with van der Waals surface area (Å²) in [6.45, 7) is 6.54. The highest BCUT2D eigenvalue weighted by Gasteiger charge is 2.44. The van der Waals surface area contributed by atoms with E-state index in [1.54, 1.807) is 32.2 Å². The lowest BCUT2D eigenvalue weighted by Crippen LogP contribution is -2.45. The van der Waals surface area contributed by atoms with Crippen molar-refractivity contribution in [2.45, 2.75) is 19.4 Å². The summed E-state index contributed by atoms with van der Waals surface area (Å²) in [4.78, 5) is 28.7. The summed E-state index contributed by atoms with van der Waals surface area (Å²) in [5.41, 5.74) is 0.799. The summed E-state index contributed by atoms with van der Waals surface area (Å²) < 4.78 is 21.3. The second-order valence-corrected chi connectivity index (χ2v) is 7.85. The Labute approximate surface area is 164 Å². The lowest BCUT2D eigenvalue weighted by atomic mass is 9.85. The van der Waals surface area contributed by atoms with Crippen molar-refractivity contribution >= 4 is 11.9 Å². The standard InChI is InChI=1S/C20H26N2O6/c1-14(18(23)15-3-4-16-17(9-15)28-13-27-16)21(2)19(24)26-8-7-22-6-5-20(10-22)11-25-12-20/h3-4,9,14H,5-8,10-13H2,1-2H3. The average Bonchev–Trinajstić information content (AvgIpc) is 3.32. The molecule has 0 aliphatic carbocycles. The number of carbonyl (C=O) groups is 2. The molecule has 0 aromatic heterocycles. The maximum atomic E-state index is 12.7. The maximum absolute atomic E-state index is 12.7. The fourth-order valence-electron chi connectivity index (χ4n) is 3.83. The molecule has 0 bridgehead atoms. The number of Topliss-reactive ketones (excluding diaryl/α,β-unsaturated/α-hetero) is 1. The largest absolute Gasteiger partial charge is 0.454 e. The van der Waals surface area contributed by atoms with Crippen LogP contribution in [-0.2, 0) is 9.47 Å². The van der Waals surface area contributed by atoms with Crippen LogP contribution in [0.25, 0.3) is 0 Å². The minimum atomic E-state index is -0.643. The number of rotatable bonds is 6. The molecule has 0 saturated carbocycles. The number of ether oxygens (including phenoxy) is 4. The number of likely N-dealkylation sites (N-methyl/N-ethyl adjacent to an activating group) is 1. The number of likely N-dealkylation sites (tertiary alicyclic amines) is 1. The van der Waals surface area contributed by atoms with E-state index in [-0.39, 0.29) is 12.6 Å². The summed E-state index contributed by atoms with van der Waals surface area (Å²) in [5, 5.41) is 0. The van der Waals surface area contributed by atoms with Crippen molar-refractivity contribution in [3.8, 4) is 11.5 Å². The van der Waals surface area contributed by atoms with Crippen molar-refractivity contribution in [3.63, 3.8) is 0 Å². The Morgan fingerprint density at radius 2 is 2.07 bits per heavy atom. The average molecular weight is 390 g/mol. The van der Waals surface area contributed by atoms with Gasteiger partial charge in [-0.3, -0.25) is 9.69 Å². The number of ketones is 1. The fraction of sp³-hybridized carbons (Fsp3) is 0.600. The monoisotopic (exact) mass is 390 g/mol. The van der Waals surface area contributed by atoms with Crippen LogP contribution in [0, 0.1) is 5.41 Å². The first-order valence-corrected chi connectivity index (χ1v) is 9.61. The molecule has 8 nitrogen and oxygen atoms in total. The molecule has 2 saturated heterocycles. The normalized spacial score (nSPS) is 20.6. The third-order valence-corrected chi connectivity index (χ3v) is 5.87. The van der Waals surface area contributed by atoms with Crippen LogP contribution in [0.3, 0.4) is 0 Å². The molecule has 3 aliphatic heterocycles. The van der Waals surface area contributed by atoms with Crippen LogP contribution >= 0.6 is 0 Å². The first kappa shape index (κ1) is 19.0. The summed E-state index contributed by atoms with van der Waals surface area (Å²) in [6.07, 6.45) is 0.643. The first-order chi connectivity index (χ1) is 13.5. The minimum Gasteiger partial charge on any atom is -0.454 e. The number of nitrogens with zero attached hydrogens (tertiary/aromatic N) is 2. The SMILES string of the molecule is CC(C(=O)c1ccc2c(c1)OCO2)N(C)C(=O)OCCN1CCC2(COC2)C1. The Bertz CT molecular complexity index is 763. The van der Waals surface area contributed by atoms with Crippen LogP contribution < -0.4 is 9.47 Å². The van der Waals surface area contributed by atoms with Crippen molar-refractivity contribution in [2.24, 2.45) is 5.41 Å². The van der Waals surface area contributed by atoms with Crippen molar-refractivity contribution in [3.05, 3.63) is 23.8 Å². The van der Waals surface area contributed by atoms with Crippen LogP contribution in [0.5, 0.6) is 11.5 Å². The van der Waals surface area contributed by atoms with Gasteiger partial charge in [0, 0.05) is 31.1 Å². The van der Waals surface area contributed by atoms with E-state index >= 15 is 0 Å². The second-order valence-electron chi connectivity index (χ2n) is 7.85. The quantitative estimate of drug-likeness (QED) is 0.685. The van der Waals surface area contributed by atoms with Gasteiger partial charge in [0.05, 0.1) is 19.3 Å². The highest BCUT2D eigenvalue weighted by molar-refractivity contribution is 6.01. The van der Waals surface area contributed by atoms with Crippen LogP contribution in [0.4, 0.5) is 4.79 Å². The number of hydrogen-bond donors (Lipinski definition) is 0. The van der Waals surface area contributed by atoms with Gasteiger partial charge >= 0.3 is 6.09 Å². The van der Waals surface area contributed by atoms with E-state index in [0.717, 1.165) is 32.7 Å². The zero-order valence-corrected chi connectivity index (χ0v) is 16.3.